The van der Waals surface area contributed by atoms with Gasteiger partial charge in [0, 0.05) is 24.5 Å². The third-order valence-corrected chi connectivity index (χ3v) is 5.94. The molecule has 0 aromatic carbocycles. The zero-order valence-corrected chi connectivity index (χ0v) is 12.2. The summed E-state index contributed by atoms with van der Waals surface area (Å²) in [6.07, 6.45) is 3.15. The summed E-state index contributed by atoms with van der Waals surface area (Å²) in [5, 5.41) is 0.864. The van der Waals surface area contributed by atoms with Gasteiger partial charge < -0.3 is 4.74 Å². The monoisotopic (exact) mass is 326 g/mol. The minimum absolute atomic E-state index is 0.0854. The maximum absolute atomic E-state index is 12.1. The molecule has 2 aliphatic rings. The molecule has 0 bridgehead atoms. The Morgan fingerprint density at radius 3 is 2.65 bits per heavy atom. The minimum atomic E-state index is -3.33. The molecule has 17 heavy (non-hydrogen) atoms. The normalized spacial score (nSPS) is 31.8. The molecule has 0 aromatic heterocycles. The predicted molar refractivity (Wildman–Crippen MR) is 69.4 cm³/mol. The van der Waals surface area contributed by atoms with Crippen molar-refractivity contribution in [2.24, 2.45) is 5.92 Å². The number of ether oxygens (including phenoxy) is 1. The zero-order valence-electron chi connectivity index (χ0n) is 9.77. The average Bonchev–Trinajstić information content (AvgIpc) is 2.77. The van der Waals surface area contributed by atoms with Gasteiger partial charge in [0.05, 0.1) is 13.2 Å². The van der Waals surface area contributed by atoms with E-state index < -0.39 is 10.2 Å². The molecular weight excluding hydrogens is 308 g/mol. The number of hydrogen-bond donors (Lipinski definition) is 1. The summed E-state index contributed by atoms with van der Waals surface area (Å²) in [5.74, 6) is 0.422. The number of morpholine rings is 1. The van der Waals surface area contributed by atoms with Crippen molar-refractivity contribution in [2.45, 2.75) is 25.3 Å². The van der Waals surface area contributed by atoms with Gasteiger partial charge in [-0.2, -0.15) is 17.4 Å². The van der Waals surface area contributed by atoms with Crippen LogP contribution in [0.3, 0.4) is 0 Å². The Hall–Kier alpha value is 0.310. The summed E-state index contributed by atoms with van der Waals surface area (Å²) < 4.78 is 33.8. The van der Waals surface area contributed by atoms with E-state index in [1.807, 2.05) is 0 Å². The standard InChI is InChI=1S/C10H19BrN2O3S/c11-8-9-2-1-3-10(9)12-17(14,15)13-4-6-16-7-5-13/h9-10,12H,1-8H2. The van der Waals surface area contributed by atoms with E-state index in [0.29, 0.717) is 32.2 Å². The molecule has 0 radical (unpaired) electrons. The van der Waals surface area contributed by atoms with Gasteiger partial charge in [0.15, 0.2) is 0 Å². The lowest BCUT2D eigenvalue weighted by molar-refractivity contribution is 0.0722. The fourth-order valence-corrected chi connectivity index (χ4v) is 4.68. The number of nitrogens with zero attached hydrogens (tertiary/aromatic N) is 1. The molecule has 100 valence electrons. The third-order valence-electron chi connectivity index (χ3n) is 3.47. The molecular formula is C10H19BrN2O3S. The first-order chi connectivity index (χ1) is 8.13. The van der Waals surface area contributed by atoms with E-state index in [2.05, 4.69) is 20.7 Å². The molecule has 5 nitrogen and oxygen atoms in total. The maximum Gasteiger partial charge on any atom is 0.279 e. The molecule has 7 heteroatoms. The fourth-order valence-electron chi connectivity index (χ4n) is 2.43. The summed E-state index contributed by atoms with van der Waals surface area (Å²) in [5.41, 5.74) is 0. The zero-order chi connectivity index (χ0) is 12.3. The number of nitrogens with one attached hydrogen (secondary N) is 1. The van der Waals surface area contributed by atoms with Crippen LogP contribution in [0.5, 0.6) is 0 Å². The third kappa shape index (κ3) is 3.41. The Kier molecular flexibility index (Phi) is 4.82. The summed E-state index contributed by atoms with van der Waals surface area (Å²) in [6.45, 7) is 1.91. The van der Waals surface area contributed by atoms with Gasteiger partial charge >= 0.3 is 0 Å². The van der Waals surface area contributed by atoms with Crippen LogP contribution < -0.4 is 4.72 Å². The molecule has 1 heterocycles. The number of halogens is 1. The van der Waals surface area contributed by atoms with Crippen LogP contribution in [0.2, 0.25) is 0 Å². The van der Waals surface area contributed by atoms with Crippen molar-refractivity contribution in [3.05, 3.63) is 0 Å². The van der Waals surface area contributed by atoms with Crippen molar-refractivity contribution < 1.29 is 13.2 Å². The highest BCUT2D eigenvalue weighted by atomic mass is 79.9. The molecule has 2 rings (SSSR count). The predicted octanol–water partition coefficient (Wildman–Crippen LogP) is 0.717. The lowest BCUT2D eigenvalue weighted by atomic mass is 10.1. The molecule has 0 spiro atoms. The molecule has 2 atom stereocenters. The average molecular weight is 327 g/mol. The SMILES string of the molecule is O=S(=O)(NC1CCCC1CBr)N1CCOCC1. The maximum atomic E-state index is 12.1. The minimum Gasteiger partial charge on any atom is -0.379 e. The highest BCUT2D eigenvalue weighted by molar-refractivity contribution is 9.09. The van der Waals surface area contributed by atoms with Crippen LogP contribution in [-0.4, -0.2) is 50.4 Å². The van der Waals surface area contributed by atoms with Gasteiger partial charge in [-0.1, -0.05) is 22.4 Å². The van der Waals surface area contributed by atoms with Crippen LogP contribution in [0, 0.1) is 5.92 Å². The summed E-state index contributed by atoms with van der Waals surface area (Å²) in [7, 11) is -3.33. The Morgan fingerprint density at radius 2 is 2.00 bits per heavy atom. The second-order valence-corrected chi connectivity index (χ2v) is 6.94. The van der Waals surface area contributed by atoms with Crippen LogP contribution >= 0.6 is 15.9 Å². The van der Waals surface area contributed by atoms with E-state index >= 15 is 0 Å². The smallest absolute Gasteiger partial charge is 0.279 e. The summed E-state index contributed by atoms with van der Waals surface area (Å²) in [6, 6.07) is 0.0854. The molecule has 0 amide bonds. The molecule has 2 fully saturated rings. The Labute approximate surface area is 111 Å². The molecule has 0 aromatic rings. The number of hydrogen-bond acceptors (Lipinski definition) is 3. The molecule has 1 N–H and O–H groups in total. The van der Waals surface area contributed by atoms with Gasteiger partial charge in [0.25, 0.3) is 10.2 Å². The first kappa shape index (κ1) is 13.7. The van der Waals surface area contributed by atoms with Crippen molar-refractivity contribution >= 4 is 26.1 Å². The van der Waals surface area contributed by atoms with Crippen molar-refractivity contribution in [3.8, 4) is 0 Å². The van der Waals surface area contributed by atoms with Gasteiger partial charge in [-0.15, -0.1) is 0 Å². The summed E-state index contributed by atoms with van der Waals surface area (Å²) in [4.78, 5) is 0. The highest BCUT2D eigenvalue weighted by Crippen LogP contribution is 2.27. The second-order valence-electron chi connectivity index (χ2n) is 4.59. The number of rotatable bonds is 4. The number of alkyl halides is 1. The topological polar surface area (TPSA) is 58.6 Å². The van der Waals surface area contributed by atoms with Crippen molar-refractivity contribution in [2.75, 3.05) is 31.6 Å². The van der Waals surface area contributed by atoms with Crippen molar-refractivity contribution in [3.63, 3.8) is 0 Å². The van der Waals surface area contributed by atoms with Crippen LogP contribution in [0.4, 0.5) is 0 Å². The van der Waals surface area contributed by atoms with E-state index in [4.69, 9.17) is 4.74 Å². The fraction of sp³-hybridized carbons (Fsp3) is 1.00. The van der Waals surface area contributed by atoms with Crippen molar-refractivity contribution in [1.82, 2.24) is 9.03 Å². The molecule has 1 aliphatic carbocycles. The largest absolute Gasteiger partial charge is 0.379 e. The highest BCUT2D eigenvalue weighted by Gasteiger charge is 2.33. The molecule has 1 saturated heterocycles. The van der Waals surface area contributed by atoms with Gasteiger partial charge in [-0.3, -0.25) is 0 Å². The van der Waals surface area contributed by atoms with Gasteiger partial charge in [-0.05, 0) is 18.8 Å². The second kappa shape index (κ2) is 5.97. The van der Waals surface area contributed by atoms with Gasteiger partial charge in [-0.25, -0.2) is 0 Å². The molecule has 1 saturated carbocycles. The Morgan fingerprint density at radius 1 is 1.29 bits per heavy atom. The van der Waals surface area contributed by atoms with Crippen LogP contribution in [0.25, 0.3) is 0 Å². The lowest BCUT2D eigenvalue weighted by Gasteiger charge is -2.28. The Balaban J connectivity index is 1.96. The molecule has 2 unspecified atom stereocenters. The van der Waals surface area contributed by atoms with Gasteiger partial charge in [0.2, 0.25) is 0 Å². The van der Waals surface area contributed by atoms with E-state index in [1.54, 1.807) is 0 Å². The van der Waals surface area contributed by atoms with Gasteiger partial charge in [0.1, 0.15) is 0 Å². The lowest BCUT2D eigenvalue weighted by Crippen LogP contribution is -2.50. The van der Waals surface area contributed by atoms with Crippen LogP contribution in [0.1, 0.15) is 19.3 Å². The first-order valence-electron chi connectivity index (χ1n) is 6.04. The van der Waals surface area contributed by atoms with Crippen molar-refractivity contribution in [1.29, 1.82) is 0 Å². The summed E-state index contributed by atoms with van der Waals surface area (Å²) >= 11 is 3.45. The Bertz CT molecular complexity index is 343. The first-order valence-corrected chi connectivity index (χ1v) is 8.61. The van der Waals surface area contributed by atoms with Crippen LogP contribution in [0.15, 0.2) is 0 Å². The van der Waals surface area contributed by atoms with Crippen LogP contribution in [-0.2, 0) is 14.9 Å². The quantitative estimate of drug-likeness (QED) is 0.774. The molecule has 1 aliphatic heterocycles. The van der Waals surface area contributed by atoms with E-state index in [0.717, 1.165) is 24.6 Å². The van der Waals surface area contributed by atoms with E-state index in [1.165, 1.54) is 4.31 Å². The van der Waals surface area contributed by atoms with E-state index in [-0.39, 0.29) is 6.04 Å². The van der Waals surface area contributed by atoms with E-state index in [9.17, 15) is 8.42 Å².